The van der Waals surface area contributed by atoms with Gasteiger partial charge in [0.1, 0.15) is 12.4 Å². The lowest BCUT2D eigenvalue weighted by Crippen LogP contribution is -2.38. The molecule has 0 spiro atoms. The lowest BCUT2D eigenvalue weighted by molar-refractivity contribution is -0.117. The van der Waals surface area contributed by atoms with Gasteiger partial charge in [0.25, 0.3) is 0 Å². The van der Waals surface area contributed by atoms with Crippen LogP contribution in [0, 0.1) is 12.8 Å². The number of rotatable bonds is 8. The monoisotopic (exact) mass is 381 g/mol. The third-order valence-corrected chi connectivity index (χ3v) is 4.62. The van der Waals surface area contributed by atoms with Crippen molar-refractivity contribution < 1.29 is 14.3 Å². The van der Waals surface area contributed by atoms with E-state index >= 15 is 0 Å². The molecular weight excluding hydrogens is 354 g/mol. The van der Waals surface area contributed by atoms with Crippen molar-refractivity contribution >= 4 is 17.6 Å². The van der Waals surface area contributed by atoms with Crippen LogP contribution < -0.4 is 20.7 Å². The Morgan fingerprint density at radius 3 is 2.57 bits per heavy atom. The fraction of sp³-hybridized carbons (Fsp3) is 0.364. The van der Waals surface area contributed by atoms with Crippen LogP contribution in [-0.2, 0) is 4.79 Å². The predicted molar refractivity (Wildman–Crippen MR) is 109 cm³/mol. The lowest BCUT2D eigenvalue weighted by Gasteiger charge is -2.16. The zero-order chi connectivity index (χ0) is 19.9. The third-order valence-electron chi connectivity index (χ3n) is 4.62. The molecule has 148 valence electrons. The van der Waals surface area contributed by atoms with Gasteiger partial charge in [-0.3, -0.25) is 4.79 Å². The topological polar surface area (TPSA) is 79.5 Å². The summed E-state index contributed by atoms with van der Waals surface area (Å²) >= 11 is 0. The second-order valence-electron chi connectivity index (χ2n) is 7.17. The van der Waals surface area contributed by atoms with E-state index in [1.165, 1.54) is 0 Å². The quantitative estimate of drug-likeness (QED) is 0.609. The predicted octanol–water partition coefficient (Wildman–Crippen LogP) is 3.78. The van der Waals surface area contributed by atoms with E-state index in [0.717, 1.165) is 35.4 Å². The molecule has 3 amide bonds. The van der Waals surface area contributed by atoms with Gasteiger partial charge in [0.2, 0.25) is 5.91 Å². The van der Waals surface area contributed by atoms with Crippen LogP contribution in [0.4, 0.5) is 10.5 Å². The highest BCUT2D eigenvalue weighted by atomic mass is 16.5. The van der Waals surface area contributed by atoms with Crippen molar-refractivity contribution in [1.82, 2.24) is 10.6 Å². The molecule has 0 heterocycles. The lowest BCUT2D eigenvalue weighted by atomic mass is 10.1. The maximum absolute atomic E-state index is 12.1. The van der Waals surface area contributed by atoms with E-state index in [1.807, 2.05) is 62.4 Å². The van der Waals surface area contributed by atoms with Gasteiger partial charge in [0.05, 0.1) is 12.6 Å². The van der Waals surface area contributed by atoms with Gasteiger partial charge in [-0.2, -0.15) is 0 Å². The van der Waals surface area contributed by atoms with Gasteiger partial charge >= 0.3 is 6.03 Å². The summed E-state index contributed by atoms with van der Waals surface area (Å²) in [5.41, 5.74) is 2.89. The van der Waals surface area contributed by atoms with E-state index in [1.54, 1.807) is 0 Å². The molecule has 1 fully saturated rings. The minimum absolute atomic E-state index is 0.0891. The van der Waals surface area contributed by atoms with Gasteiger partial charge in [-0.15, -0.1) is 0 Å². The molecule has 6 heteroatoms. The van der Waals surface area contributed by atoms with Crippen molar-refractivity contribution in [3.63, 3.8) is 0 Å². The summed E-state index contributed by atoms with van der Waals surface area (Å²) in [6.07, 6.45) is 1.96. The Bertz CT molecular complexity index is 816. The summed E-state index contributed by atoms with van der Waals surface area (Å²) in [4.78, 5) is 23.8. The molecule has 1 aliphatic rings. The van der Waals surface area contributed by atoms with E-state index in [2.05, 4.69) is 16.0 Å². The van der Waals surface area contributed by atoms with Crippen LogP contribution in [0.3, 0.4) is 0 Å². The number of aryl methyl sites for hydroxylation is 1. The van der Waals surface area contributed by atoms with Gasteiger partial charge < -0.3 is 20.7 Å². The molecule has 2 aromatic rings. The molecule has 1 aliphatic carbocycles. The first-order valence-corrected chi connectivity index (χ1v) is 9.66. The number of hydrogen-bond donors (Lipinski definition) is 3. The number of urea groups is 1. The minimum Gasteiger partial charge on any atom is -0.492 e. The first-order chi connectivity index (χ1) is 13.5. The first kappa shape index (κ1) is 19.7. The van der Waals surface area contributed by atoms with Crippen molar-refractivity contribution in [3.05, 3.63) is 59.7 Å². The fourth-order valence-electron chi connectivity index (χ4n) is 2.81. The number of amides is 3. The van der Waals surface area contributed by atoms with Crippen LogP contribution in [0.5, 0.6) is 5.75 Å². The van der Waals surface area contributed by atoms with Gasteiger partial charge in [-0.05, 0) is 62.1 Å². The molecule has 3 rings (SSSR count). The smallest absolute Gasteiger partial charge is 0.315 e. The molecule has 0 saturated heterocycles. The summed E-state index contributed by atoms with van der Waals surface area (Å²) in [7, 11) is 0. The highest BCUT2D eigenvalue weighted by molar-refractivity contribution is 5.94. The number of benzene rings is 2. The van der Waals surface area contributed by atoms with Gasteiger partial charge in [-0.25, -0.2) is 4.79 Å². The van der Waals surface area contributed by atoms with E-state index in [4.69, 9.17) is 4.74 Å². The van der Waals surface area contributed by atoms with Gasteiger partial charge in [0.15, 0.2) is 0 Å². The van der Waals surface area contributed by atoms with Crippen LogP contribution in [0.25, 0.3) is 0 Å². The number of nitrogens with one attached hydrogen (secondary N) is 3. The number of anilines is 1. The zero-order valence-electron chi connectivity index (χ0n) is 16.3. The van der Waals surface area contributed by atoms with E-state index in [9.17, 15) is 9.59 Å². The standard InChI is InChI=1S/C22H27N3O3/c1-15-4-3-5-20(14-15)28-13-12-23-22(27)24-16(2)17-8-10-19(11-9-17)25-21(26)18-6-7-18/h3-5,8-11,14,16,18H,6-7,12-13H2,1-2H3,(H,25,26)(H2,23,24,27)/t16-/m0/s1. The highest BCUT2D eigenvalue weighted by Gasteiger charge is 2.29. The molecule has 2 aromatic carbocycles. The molecule has 1 atom stereocenters. The van der Waals surface area contributed by atoms with Gasteiger partial charge in [0, 0.05) is 11.6 Å². The SMILES string of the molecule is Cc1cccc(OCCNC(=O)N[C@@H](C)c2ccc(NC(=O)C3CC3)cc2)c1. The van der Waals surface area contributed by atoms with Crippen LogP contribution in [-0.4, -0.2) is 25.1 Å². The molecule has 0 aromatic heterocycles. The number of ether oxygens (including phenoxy) is 1. The van der Waals surface area contributed by atoms with Crippen molar-refractivity contribution in [1.29, 1.82) is 0 Å². The number of carbonyl (C=O) groups excluding carboxylic acids is 2. The van der Waals surface area contributed by atoms with Crippen molar-refractivity contribution in [2.45, 2.75) is 32.7 Å². The maximum atomic E-state index is 12.1. The Hall–Kier alpha value is -3.02. The average molecular weight is 381 g/mol. The largest absolute Gasteiger partial charge is 0.492 e. The molecule has 0 radical (unpaired) electrons. The van der Waals surface area contributed by atoms with E-state index < -0.39 is 0 Å². The molecule has 0 bridgehead atoms. The van der Waals surface area contributed by atoms with E-state index in [-0.39, 0.29) is 23.9 Å². The van der Waals surface area contributed by atoms with Crippen LogP contribution in [0.15, 0.2) is 48.5 Å². The number of hydrogen-bond acceptors (Lipinski definition) is 3. The average Bonchev–Trinajstić information content (AvgIpc) is 3.51. The highest BCUT2D eigenvalue weighted by Crippen LogP contribution is 2.30. The van der Waals surface area contributed by atoms with Crippen molar-refractivity contribution in [3.8, 4) is 5.75 Å². The fourth-order valence-corrected chi connectivity index (χ4v) is 2.81. The van der Waals surface area contributed by atoms with E-state index in [0.29, 0.717) is 13.2 Å². The summed E-state index contributed by atoms with van der Waals surface area (Å²) in [6.45, 7) is 4.74. The first-order valence-electron chi connectivity index (χ1n) is 9.66. The van der Waals surface area contributed by atoms with Crippen LogP contribution in [0.1, 0.15) is 36.9 Å². The minimum atomic E-state index is -0.244. The molecule has 3 N–H and O–H groups in total. The summed E-state index contributed by atoms with van der Waals surface area (Å²) in [6, 6.07) is 15.0. The Labute approximate surface area is 165 Å². The molecule has 0 unspecified atom stereocenters. The second kappa shape index (κ2) is 9.26. The van der Waals surface area contributed by atoms with Crippen molar-refractivity contribution in [2.75, 3.05) is 18.5 Å². The molecule has 1 saturated carbocycles. The summed E-state index contributed by atoms with van der Waals surface area (Å²) in [5, 5.41) is 8.60. The maximum Gasteiger partial charge on any atom is 0.315 e. The molecular formula is C22H27N3O3. The van der Waals surface area contributed by atoms with Crippen molar-refractivity contribution in [2.24, 2.45) is 5.92 Å². The third kappa shape index (κ3) is 6.01. The Morgan fingerprint density at radius 1 is 1.14 bits per heavy atom. The van der Waals surface area contributed by atoms with Gasteiger partial charge in [-0.1, -0.05) is 24.3 Å². The van der Waals surface area contributed by atoms with Crippen LogP contribution >= 0.6 is 0 Å². The zero-order valence-corrected chi connectivity index (χ0v) is 16.3. The number of carbonyl (C=O) groups is 2. The second-order valence-corrected chi connectivity index (χ2v) is 7.17. The Kier molecular flexibility index (Phi) is 6.53. The normalized spacial score (nSPS) is 14.1. The van der Waals surface area contributed by atoms with Crippen LogP contribution in [0.2, 0.25) is 0 Å². The molecule has 0 aliphatic heterocycles. The summed E-state index contributed by atoms with van der Waals surface area (Å²) < 4.78 is 5.62. The Morgan fingerprint density at radius 2 is 1.89 bits per heavy atom. The summed E-state index contributed by atoms with van der Waals surface area (Å²) in [5.74, 6) is 1.06. The Balaban J connectivity index is 1.37. The molecule has 28 heavy (non-hydrogen) atoms. The molecule has 6 nitrogen and oxygen atoms in total.